The van der Waals surface area contributed by atoms with Gasteiger partial charge in [-0.2, -0.15) is 0 Å². The topological polar surface area (TPSA) is 44.8 Å². The maximum atomic E-state index is 12.7. The summed E-state index contributed by atoms with van der Waals surface area (Å²) in [5.74, 6) is 0.927. The first-order valence-corrected chi connectivity index (χ1v) is 8.98. The summed E-state index contributed by atoms with van der Waals surface area (Å²) in [5.41, 5.74) is 1.98. The van der Waals surface area contributed by atoms with Crippen LogP contribution in [0.25, 0.3) is 0 Å². The number of likely N-dealkylation sites (N-methyl/N-ethyl adjacent to an activating group) is 1. The standard InChI is InChI=1S/C18H23N3O2S/c1-20(2)8-9-21(13-16-4-3-11-24-16)18(22)19-15-5-6-17-14(12-15)7-10-23-17/h3-6,11-12H,7-10,13H2,1-2H3,(H,19,22). The molecule has 0 saturated heterocycles. The molecular formula is C18H23N3O2S. The number of benzene rings is 1. The number of hydrogen-bond acceptors (Lipinski definition) is 4. The van der Waals surface area contributed by atoms with E-state index in [0.29, 0.717) is 13.1 Å². The third-order valence-corrected chi connectivity index (χ3v) is 4.83. The van der Waals surface area contributed by atoms with Gasteiger partial charge in [-0.1, -0.05) is 6.07 Å². The van der Waals surface area contributed by atoms with E-state index in [4.69, 9.17) is 4.74 Å². The van der Waals surface area contributed by atoms with Gasteiger partial charge in [0.25, 0.3) is 0 Å². The molecule has 1 aliphatic rings. The van der Waals surface area contributed by atoms with E-state index in [0.717, 1.165) is 36.6 Å². The Balaban J connectivity index is 1.67. The van der Waals surface area contributed by atoms with Crippen LogP contribution in [0.1, 0.15) is 10.4 Å². The molecule has 0 atom stereocenters. The molecule has 1 aromatic heterocycles. The number of carbonyl (C=O) groups excluding carboxylic acids is 1. The third kappa shape index (κ3) is 4.27. The van der Waals surface area contributed by atoms with E-state index in [2.05, 4.69) is 16.3 Å². The van der Waals surface area contributed by atoms with E-state index in [1.807, 2.05) is 48.6 Å². The molecule has 128 valence electrons. The van der Waals surface area contributed by atoms with Crippen molar-refractivity contribution in [3.63, 3.8) is 0 Å². The number of nitrogens with zero attached hydrogens (tertiary/aromatic N) is 2. The summed E-state index contributed by atoms with van der Waals surface area (Å²) in [6, 6.07) is 9.86. The molecule has 6 heteroatoms. The van der Waals surface area contributed by atoms with Crippen molar-refractivity contribution in [2.24, 2.45) is 0 Å². The van der Waals surface area contributed by atoms with Crippen molar-refractivity contribution in [1.82, 2.24) is 9.80 Å². The SMILES string of the molecule is CN(C)CCN(Cc1cccs1)C(=O)Nc1ccc2c(c1)CCO2. The Morgan fingerprint density at radius 1 is 1.29 bits per heavy atom. The summed E-state index contributed by atoms with van der Waals surface area (Å²) in [5, 5.41) is 5.06. The van der Waals surface area contributed by atoms with Crippen molar-refractivity contribution >= 4 is 23.1 Å². The van der Waals surface area contributed by atoms with Crippen molar-refractivity contribution in [1.29, 1.82) is 0 Å². The lowest BCUT2D eigenvalue weighted by atomic mass is 10.1. The van der Waals surface area contributed by atoms with Gasteiger partial charge in [0.1, 0.15) is 5.75 Å². The van der Waals surface area contributed by atoms with Gasteiger partial charge in [0, 0.05) is 30.1 Å². The maximum Gasteiger partial charge on any atom is 0.322 e. The second-order valence-corrected chi connectivity index (χ2v) is 7.19. The monoisotopic (exact) mass is 345 g/mol. The molecule has 1 aliphatic heterocycles. The lowest BCUT2D eigenvalue weighted by Gasteiger charge is -2.24. The van der Waals surface area contributed by atoms with Gasteiger partial charge in [-0.15, -0.1) is 11.3 Å². The third-order valence-electron chi connectivity index (χ3n) is 3.97. The lowest BCUT2D eigenvalue weighted by molar-refractivity contribution is 0.203. The average Bonchev–Trinajstić information content (AvgIpc) is 3.21. The van der Waals surface area contributed by atoms with Crippen LogP contribution in [-0.2, 0) is 13.0 Å². The summed E-state index contributed by atoms with van der Waals surface area (Å²) in [4.78, 5) is 17.8. The zero-order valence-corrected chi connectivity index (χ0v) is 14.9. The van der Waals surface area contributed by atoms with Gasteiger partial charge in [0.2, 0.25) is 0 Å². The predicted molar refractivity (Wildman–Crippen MR) is 97.9 cm³/mol. The number of thiophene rings is 1. The van der Waals surface area contributed by atoms with E-state index >= 15 is 0 Å². The summed E-state index contributed by atoms with van der Waals surface area (Å²) < 4.78 is 5.51. The molecule has 2 aromatic rings. The first-order valence-electron chi connectivity index (χ1n) is 8.10. The van der Waals surface area contributed by atoms with Crippen LogP contribution in [0.5, 0.6) is 5.75 Å². The van der Waals surface area contributed by atoms with E-state index < -0.39 is 0 Å². The number of amides is 2. The zero-order chi connectivity index (χ0) is 16.9. The summed E-state index contributed by atoms with van der Waals surface area (Å²) >= 11 is 1.67. The molecule has 0 fully saturated rings. The van der Waals surface area contributed by atoms with Crippen molar-refractivity contribution in [2.45, 2.75) is 13.0 Å². The van der Waals surface area contributed by atoms with Gasteiger partial charge in [-0.3, -0.25) is 0 Å². The number of rotatable bonds is 6. The molecule has 24 heavy (non-hydrogen) atoms. The maximum absolute atomic E-state index is 12.7. The quantitative estimate of drug-likeness (QED) is 0.874. The fourth-order valence-corrected chi connectivity index (χ4v) is 3.35. The summed E-state index contributed by atoms with van der Waals surface area (Å²) in [6.45, 7) is 2.87. The molecule has 2 amide bonds. The van der Waals surface area contributed by atoms with Crippen LogP contribution in [0.15, 0.2) is 35.7 Å². The first kappa shape index (κ1) is 16.8. The number of nitrogens with one attached hydrogen (secondary N) is 1. The minimum absolute atomic E-state index is 0.0656. The predicted octanol–water partition coefficient (Wildman–Crippen LogP) is 3.28. The molecule has 1 aromatic carbocycles. The van der Waals surface area contributed by atoms with Gasteiger partial charge in [0.05, 0.1) is 13.2 Å². The van der Waals surface area contributed by atoms with Crippen LogP contribution in [0, 0.1) is 0 Å². The summed E-state index contributed by atoms with van der Waals surface area (Å²) in [7, 11) is 4.03. The number of urea groups is 1. The zero-order valence-electron chi connectivity index (χ0n) is 14.1. The number of anilines is 1. The van der Waals surface area contributed by atoms with Gasteiger partial charge >= 0.3 is 6.03 Å². The van der Waals surface area contributed by atoms with Crippen LogP contribution in [0.4, 0.5) is 10.5 Å². The second kappa shape index (κ2) is 7.68. The van der Waals surface area contributed by atoms with E-state index in [9.17, 15) is 4.79 Å². The highest BCUT2D eigenvalue weighted by Crippen LogP contribution is 2.28. The van der Waals surface area contributed by atoms with Gasteiger partial charge in [0.15, 0.2) is 0 Å². The Hall–Kier alpha value is -2.05. The fraction of sp³-hybridized carbons (Fsp3) is 0.389. The minimum Gasteiger partial charge on any atom is -0.493 e. The Kier molecular flexibility index (Phi) is 5.37. The smallest absolute Gasteiger partial charge is 0.322 e. The van der Waals surface area contributed by atoms with Gasteiger partial charge < -0.3 is 19.9 Å². The molecule has 3 rings (SSSR count). The second-order valence-electron chi connectivity index (χ2n) is 6.16. The van der Waals surface area contributed by atoms with Gasteiger partial charge in [-0.25, -0.2) is 4.79 Å². The van der Waals surface area contributed by atoms with E-state index in [1.165, 1.54) is 4.88 Å². The Morgan fingerprint density at radius 3 is 2.92 bits per heavy atom. The molecule has 0 spiro atoms. The molecule has 1 N–H and O–H groups in total. The Morgan fingerprint density at radius 2 is 2.17 bits per heavy atom. The number of fused-ring (bicyclic) bond motifs is 1. The average molecular weight is 345 g/mol. The van der Waals surface area contributed by atoms with Crippen LogP contribution >= 0.6 is 11.3 Å². The van der Waals surface area contributed by atoms with Crippen molar-refractivity contribution in [2.75, 3.05) is 39.1 Å². The highest BCUT2D eigenvalue weighted by molar-refractivity contribution is 7.09. The number of ether oxygens (including phenoxy) is 1. The fourth-order valence-electron chi connectivity index (χ4n) is 2.63. The first-order chi connectivity index (χ1) is 11.6. The Bertz CT molecular complexity index is 686. The van der Waals surface area contributed by atoms with Crippen LogP contribution in [-0.4, -0.2) is 49.6 Å². The minimum atomic E-state index is -0.0656. The molecule has 0 bridgehead atoms. The van der Waals surface area contributed by atoms with Crippen molar-refractivity contribution in [3.05, 3.63) is 46.2 Å². The Labute approximate surface area is 146 Å². The van der Waals surface area contributed by atoms with Crippen LogP contribution in [0.2, 0.25) is 0 Å². The van der Waals surface area contributed by atoms with Crippen molar-refractivity contribution in [3.8, 4) is 5.75 Å². The molecule has 5 nitrogen and oxygen atoms in total. The molecule has 0 saturated carbocycles. The van der Waals surface area contributed by atoms with Gasteiger partial charge in [-0.05, 0) is 49.3 Å². The summed E-state index contributed by atoms with van der Waals surface area (Å²) in [6.07, 6.45) is 0.901. The normalized spacial score (nSPS) is 12.8. The van der Waals surface area contributed by atoms with Crippen molar-refractivity contribution < 1.29 is 9.53 Å². The molecule has 0 unspecified atom stereocenters. The van der Waals surface area contributed by atoms with Crippen LogP contribution < -0.4 is 10.1 Å². The molecule has 0 aliphatic carbocycles. The van der Waals surface area contributed by atoms with Crippen LogP contribution in [0.3, 0.4) is 0 Å². The lowest BCUT2D eigenvalue weighted by Crippen LogP contribution is -2.38. The molecule has 2 heterocycles. The van der Waals surface area contributed by atoms with E-state index in [-0.39, 0.29) is 6.03 Å². The molecular weight excluding hydrogens is 322 g/mol. The van der Waals surface area contributed by atoms with E-state index in [1.54, 1.807) is 11.3 Å². The largest absolute Gasteiger partial charge is 0.493 e. The highest BCUT2D eigenvalue weighted by atomic mass is 32.1. The number of hydrogen-bond donors (Lipinski definition) is 1. The molecule has 0 radical (unpaired) electrons. The highest BCUT2D eigenvalue weighted by Gasteiger charge is 2.17. The number of carbonyl (C=O) groups is 1.